The van der Waals surface area contributed by atoms with Gasteiger partial charge in [-0.15, -0.1) is 0 Å². The lowest BCUT2D eigenvalue weighted by Crippen LogP contribution is -2.46. The molecule has 0 radical (unpaired) electrons. The SMILES string of the molecule is COc1nccc(N2CCN(c3nc4ccccc4s3)CC2)c1C#N. The first kappa shape index (κ1) is 15.7. The Balaban J connectivity index is 1.53. The second kappa shape index (κ2) is 6.57. The van der Waals surface area contributed by atoms with Crippen molar-refractivity contribution >= 4 is 32.4 Å². The lowest BCUT2D eigenvalue weighted by molar-refractivity contribution is 0.396. The molecule has 0 bridgehead atoms. The number of hydrogen-bond donors (Lipinski definition) is 0. The number of nitriles is 1. The number of methoxy groups -OCH3 is 1. The Hall–Kier alpha value is -2.85. The van der Waals surface area contributed by atoms with Crippen molar-refractivity contribution in [2.75, 3.05) is 43.1 Å². The molecule has 0 N–H and O–H groups in total. The quantitative estimate of drug-likeness (QED) is 0.723. The zero-order valence-electron chi connectivity index (χ0n) is 13.8. The molecule has 1 aliphatic rings. The van der Waals surface area contributed by atoms with Gasteiger partial charge in [-0.1, -0.05) is 23.5 Å². The van der Waals surface area contributed by atoms with E-state index in [1.807, 2.05) is 24.3 Å². The predicted molar refractivity (Wildman–Crippen MR) is 99.6 cm³/mol. The zero-order chi connectivity index (χ0) is 17.2. The molecule has 1 fully saturated rings. The fourth-order valence-corrected chi connectivity index (χ4v) is 4.11. The average molecular weight is 351 g/mol. The van der Waals surface area contributed by atoms with Crippen molar-refractivity contribution in [1.29, 1.82) is 5.26 Å². The van der Waals surface area contributed by atoms with Gasteiger partial charge in [0.15, 0.2) is 5.13 Å². The van der Waals surface area contributed by atoms with Crippen LogP contribution in [0.15, 0.2) is 36.5 Å². The van der Waals surface area contributed by atoms with Crippen molar-refractivity contribution in [2.24, 2.45) is 0 Å². The van der Waals surface area contributed by atoms with E-state index in [9.17, 15) is 5.26 Å². The number of aromatic nitrogens is 2. The minimum atomic E-state index is 0.383. The van der Waals surface area contributed by atoms with Crippen LogP contribution in [0.4, 0.5) is 10.8 Å². The third-order valence-electron chi connectivity index (χ3n) is 4.37. The molecule has 7 heteroatoms. The molecule has 126 valence electrons. The highest BCUT2D eigenvalue weighted by Crippen LogP contribution is 2.31. The second-order valence-electron chi connectivity index (χ2n) is 5.76. The molecule has 0 saturated carbocycles. The zero-order valence-corrected chi connectivity index (χ0v) is 14.7. The molecule has 2 aromatic heterocycles. The molecule has 0 spiro atoms. The third kappa shape index (κ3) is 2.85. The van der Waals surface area contributed by atoms with Gasteiger partial charge in [-0.3, -0.25) is 0 Å². The summed E-state index contributed by atoms with van der Waals surface area (Å²) in [5, 5.41) is 10.5. The Bertz CT molecular complexity index is 907. The topological polar surface area (TPSA) is 65.3 Å². The Kier molecular flexibility index (Phi) is 4.12. The van der Waals surface area contributed by atoms with Crippen LogP contribution in [0.5, 0.6) is 5.88 Å². The minimum Gasteiger partial charge on any atom is -0.480 e. The summed E-state index contributed by atoms with van der Waals surface area (Å²) < 4.78 is 6.43. The molecule has 25 heavy (non-hydrogen) atoms. The van der Waals surface area contributed by atoms with Gasteiger partial charge in [0.1, 0.15) is 11.6 Å². The van der Waals surface area contributed by atoms with Crippen LogP contribution >= 0.6 is 11.3 Å². The summed E-state index contributed by atoms with van der Waals surface area (Å²) in [4.78, 5) is 13.4. The fourth-order valence-electron chi connectivity index (χ4n) is 3.09. The summed E-state index contributed by atoms with van der Waals surface area (Å²) in [5.74, 6) is 0.383. The molecule has 4 rings (SSSR count). The van der Waals surface area contributed by atoms with Crippen LogP contribution in [-0.2, 0) is 0 Å². The monoisotopic (exact) mass is 351 g/mol. The van der Waals surface area contributed by atoms with E-state index >= 15 is 0 Å². The highest BCUT2D eigenvalue weighted by atomic mass is 32.1. The van der Waals surface area contributed by atoms with Crippen molar-refractivity contribution in [3.05, 3.63) is 42.1 Å². The standard InChI is InChI=1S/C18H17N5OS/c1-24-17-13(12-19)15(6-7-20-17)22-8-10-23(11-9-22)18-21-14-4-2-3-5-16(14)25-18/h2-7H,8-11H2,1H3. The molecule has 1 saturated heterocycles. The average Bonchev–Trinajstić information content (AvgIpc) is 3.11. The van der Waals surface area contributed by atoms with Crippen molar-refractivity contribution < 1.29 is 4.74 Å². The molecular weight excluding hydrogens is 334 g/mol. The van der Waals surface area contributed by atoms with Crippen LogP contribution in [-0.4, -0.2) is 43.3 Å². The number of hydrogen-bond acceptors (Lipinski definition) is 7. The van der Waals surface area contributed by atoms with Crippen molar-refractivity contribution in [1.82, 2.24) is 9.97 Å². The van der Waals surface area contributed by atoms with Crippen molar-refractivity contribution in [2.45, 2.75) is 0 Å². The Morgan fingerprint density at radius 1 is 1.12 bits per heavy atom. The molecular formula is C18H17N5OS. The molecule has 0 aliphatic carbocycles. The number of thiazole rings is 1. The van der Waals surface area contributed by atoms with Crippen molar-refractivity contribution in [3.8, 4) is 11.9 Å². The predicted octanol–water partition coefficient (Wildman–Crippen LogP) is 2.90. The summed E-state index contributed by atoms with van der Waals surface area (Å²) in [6, 6.07) is 12.3. The fraction of sp³-hybridized carbons (Fsp3) is 0.278. The van der Waals surface area contributed by atoms with Crippen LogP contribution < -0.4 is 14.5 Å². The maximum Gasteiger partial charge on any atom is 0.233 e. The number of para-hydroxylation sites is 1. The minimum absolute atomic E-state index is 0.383. The first-order valence-electron chi connectivity index (χ1n) is 8.08. The number of ether oxygens (including phenoxy) is 1. The van der Waals surface area contributed by atoms with E-state index in [2.05, 4.69) is 26.9 Å². The van der Waals surface area contributed by atoms with Gasteiger partial charge in [0.25, 0.3) is 0 Å². The van der Waals surface area contributed by atoms with Crippen molar-refractivity contribution in [3.63, 3.8) is 0 Å². The third-order valence-corrected chi connectivity index (χ3v) is 5.47. The molecule has 1 aliphatic heterocycles. The van der Waals surface area contributed by atoms with E-state index in [-0.39, 0.29) is 0 Å². The van der Waals surface area contributed by atoms with Gasteiger partial charge < -0.3 is 14.5 Å². The molecule has 3 aromatic rings. The Labute approximate surface area is 149 Å². The number of piperazine rings is 1. The van der Waals surface area contributed by atoms with E-state index < -0.39 is 0 Å². The summed E-state index contributed by atoms with van der Waals surface area (Å²) in [6.45, 7) is 3.40. The molecule has 0 amide bonds. The summed E-state index contributed by atoms with van der Waals surface area (Å²) in [5.41, 5.74) is 2.44. The normalized spacial score (nSPS) is 14.6. The number of benzene rings is 1. The Morgan fingerprint density at radius 3 is 2.60 bits per heavy atom. The first-order valence-corrected chi connectivity index (χ1v) is 8.90. The van der Waals surface area contributed by atoms with E-state index in [0.29, 0.717) is 11.4 Å². The van der Waals surface area contributed by atoms with Gasteiger partial charge in [-0.25, -0.2) is 9.97 Å². The Morgan fingerprint density at radius 2 is 1.88 bits per heavy atom. The lowest BCUT2D eigenvalue weighted by Gasteiger charge is -2.36. The molecule has 0 atom stereocenters. The van der Waals surface area contributed by atoms with Gasteiger partial charge in [-0.05, 0) is 18.2 Å². The molecule has 3 heterocycles. The maximum atomic E-state index is 9.46. The summed E-state index contributed by atoms with van der Waals surface area (Å²) in [7, 11) is 1.54. The number of pyridine rings is 1. The van der Waals surface area contributed by atoms with E-state index in [4.69, 9.17) is 9.72 Å². The van der Waals surface area contributed by atoms with E-state index in [1.165, 1.54) is 11.8 Å². The van der Waals surface area contributed by atoms with Gasteiger partial charge in [-0.2, -0.15) is 5.26 Å². The number of fused-ring (bicyclic) bond motifs is 1. The van der Waals surface area contributed by atoms with Crippen LogP contribution in [0.25, 0.3) is 10.2 Å². The first-order chi connectivity index (χ1) is 12.3. The van der Waals surface area contributed by atoms with Gasteiger partial charge >= 0.3 is 0 Å². The van der Waals surface area contributed by atoms with Crippen LogP contribution in [0.1, 0.15) is 5.56 Å². The largest absolute Gasteiger partial charge is 0.480 e. The number of rotatable bonds is 3. The lowest BCUT2D eigenvalue weighted by atomic mass is 10.2. The molecule has 6 nitrogen and oxygen atoms in total. The molecule has 0 unspecified atom stereocenters. The van der Waals surface area contributed by atoms with Crippen LogP contribution in [0.3, 0.4) is 0 Å². The maximum absolute atomic E-state index is 9.46. The summed E-state index contributed by atoms with van der Waals surface area (Å²) >= 11 is 1.73. The van der Waals surface area contributed by atoms with E-state index in [1.54, 1.807) is 17.5 Å². The number of nitrogens with zero attached hydrogens (tertiary/aromatic N) is 5. The number of anilines is 2. The van der Waals surface area contributed by atoms with Gasteiger partial charge in [0.05, 0.1) is 23.0 Å². The van der Waals surface area contributed by atoms with Gasteiger partial charge in [0, 0.05) is 32.4 Å². The highest BCUT2D eigenvalue weighted by molar-refractivity contribution is 7.22. The van der Waals surface area contributed by atoms with Gasteiger partial charge in [0.2, 0.25) is 5.88 Å². The smallest absolute Gasteiger partial charge is 0.233 e. The highest BCUT2D eigenvalue weighted by Gasteiger charge is 2.23. The molecule has 1 aromatic carbocycles. The van der Waals surface area contributed by atoms with E-state index in [0.717, 1.165) is 42.5 Å². The second-order valence-corrected chi connectivity index (χ2v) is 6.77. The van der Waals surface area contributed by atoms with Crippen LogP contribution in [0.2, 0.25) is 0 Å². The summed E-state index contributed by atoms with van der Waals surface area (Å²) in [6.07, 6.45) is 1.69. The van der Waals surface area contributed by atoms with Crippen LogP contribution in [0, 0.1) is 11.3 Å².